The maximum Gasteiger partial charge on any atom is 0.0967 e. The molecule has 5 heteroatoms. The van der Waals surface area contributed by atoms with Crippen LogP contribution < -0.4 is 0 Å². The van der Waals surface area contributed by atoms with E-state index in [2.05, 4.69) is 15.9 Å². The molecule has 1 aromatic heterocycles. The Kier molecular flexibility index (Phi) is 4.20. The predicted octanol–water partition coefficient (Wildman–Crippen LogP) is 6.15. The Hall–Kier alpha value is 0.270. The standard InChI is InChI=1S/C11H6BrCl3S/c12-6-4-5-16-11(6)10(15)9-7(13)2-1-3-8(9)14/h1-5,10H. The minimum absolute atomic E-state index is 0.324. The highest BCUT2D eigenvalue weighted by Gasteiger charge is 2.20. The molecule has 0 nitrogen and oxygen atoms in total. The van der Waals surface area contributed by atoms with E-state index in [1.165, 1.54) is 0 Å². The zero-order valence-electron chi connectivity index (χ0n) is 7.88. The Morgan fingerprint density at radius 3 is 2.25 bits per heavy atom. The molecular formula is C11H6BrCl3S. The fourth-order valence-electron chi connectivity index (χ4n) is 1.37. The van der Waals surface area contributed by atoms with Crippen molar-refractivity contribution in [1.82, 2.24) is 0 Å². The van der Waals surface area contributed by atoms with Crippen molar-refractivity contribution in [3.63, 3.8) is 0 Å². The highest BCUT2D eigenvalue weighted by atomic mass is 79.9. The highest BCUT2D eigenvalue weighted by molar-refractivity contribution is 9.10. The molecule has 0 saturated carbocycles. The third kappa shape index (κ3) is 2.41. The molecule has 0 aliphatic rings. The normalized spacial score (nSPS) is 12.8. The molecule has 1 unspecified atom stereocenters. The Morgan fingerprint density at radius 2 is 1.75 bits per heavy atom. The van der Waals surface area contributed by atoms with Gasteiger partial charge in [0.15, 0.2) is 0 Å². The first-order valence-corrected chi connectivity index (χ1v) is 7.28. The van der Waals surface area contributed by atoms with Gasteiger partial charge in [0.25, 0.3) is 0 Å². The van der Waals surface area contributed by atoms with Crippen LogP contribution in [0, 0.1) is 0 Å². The molecule has 0 bridgehead atoms. The first-order valence-electron chi connectivity index (χ1n) is 4.42. The van der Waals surface area contributed by atoms with Crippen molar-refractivity contribution in [1.29, 1.82) is 0 Å². The summed E-state index contributed by atoms with van der Waals surface area (Å²) in [4.78, 5) is 1.01. The van der Waals surface area contributed by atoms with E-state index < -0.39 is 0 Å². The average molecular weight is 356 g/mol. The van der Waals surface area contributed by atoms with Crippen molar-refractivity contribution in [2.45, 2.75) is 5.38 Å². The summed E-state index contributed by atoms with van der Waals surface area (Å²) < 4.78 is 0.980. The molecule has 1 atom stereocenters. The van der Waals surface area contributed by atoms with Gasteiger partial charge >= 0.3 is 0 Å². The van der Waals surface area contributed by atoms with Crippen LogP contribution in [0.5, 0.6) is 0 Å². The van der Waals surface area contributed by atoms with E-state index in [4.69, 9.17) is 34.8 Å². The van der Waals surface area contributed by atoms with Gasteiger partial charge in [-0.2, -0.15) is 0 Å². The summed E-state index contributed by atoms with van der Waals surface area (Å²) in [6.45, 7) is 0. The van der Waals surface area contributed by atoms with Crippen LogP contribution in [0.2, 0.25) is 10.0 Å². The summed E-state index contributed by atoms with van der Waals surface area (Å²) in [5.41, 5.74) is 0.760. The van der Waals surface area contributed by atoms with Gasteiger partial charge in [0.1, 0.15) is 0 Å². The van der Waals surface area contributed by atoms with Crippen LogP contribution >= 0.6 is 62.1 Å². The lowest BCUT2D eigenvalue weighted by Crippen LogP contribution is -1.93. The summed E-state index contributed by atoms with van der Waals surface area (Å²) in [5.74, 6) is 0. The van der Waals surface area contributed by atoms with E-state index in [0.29, 0.717) is 10.0 Å². The topological polar surface area (TPSA) is 0 Å². The predicted molar refractivity (Wildman–Crippen MR) is 76.2 cm³/mol. The molecule has 16 heavy (non-hydrogen) atoms. The van der Waals surface area contributed by atoms with Crippen molar-refractivity contribution in [3.05, 3.63) is 54.6 Å². The fourth-order valence-corrected chi connectivity index (χ4v) is 4.32. The number of hydrogen-bond acceptors (Lipinski definition) is 1. The maximum absolute atomic E-state index is 6.40. The molecule has 1 heterocycles. The molecule has 1 aromatic carbocycles. The maximum atomic E-state index is 6.40. The molecular weight excluding hydrogens is 350 g/mol. The number of benzene rings is 1. The minimum Gasteiger partial charge on any atom is -0.146 e. The second-order valence-electron chi connectivity index (χ2n) is 3.13. The SMILES string of the molecule is Clc1cccc(Cl)c1C(Cl)c1sccc1Br. The first-order chi connectivity index (χ1) is 7.61. The molecule has 0 fully saturated rings. The second-order valence-corrected chi connectivity index (χ2v) is 6.18. The lowest BCUT2D eigenvalue weighted by atomic mass is 10.1. The number of hydrogen-bond donors (Lipinski definition) is 0. The van der Waals surface area contributed by atoms with E-state index in [1.807, 2.05) is 11.4 Å². The summed E-state index contributed by atoms with van der Waals surface area (Å²) in [6.07, 6.45) is 0. The Bertz CT molecular complexity index is 489. The minimum atomic E-state index is -0.324. The zero-order chi connectivity index (χ0) is 11.7. The van der Waals surface area contributed by atoms with Crippen molar-refractivity contribution in [2.24, 2.45) is 0 Å². The molecule has 2 aromatic rings. The lowest BCUT2D eigenvalue weighted by Gasteiger charge is -2.12. The van der Waals surface area contributed by atoms with Crippen LogP contribution in [0.1, 0.15) is 15.8 Å². The molecule has 0 spiro atoms. The zero-order valence-corrected chi connectivity index (χ0v) is 12.6. The van der Waals surface area contributed by atoms with Crippen molar-refractivity contribution in [2.75, 3.05) is 0 Å². The van der Waals surface area contributed by atoms with E-state index in [1.54, 1.807) is 29.5 Å². The van der Waals surface area contributed by atoms with Gasteiger partial charge in [-0.15, -0.1) is 22.9 Å². The summed E-state index contributed by atoms with van der Waals surface area (Å²) >= 11 is 23.7. The monoisotopic (exact) mass is 354 g/mol. The van der Waals surface area contributed by atoms with Gasteiger partial charge in [-0.3, -0.25) is 0 Å². The van der Waals surface area contributed by atoms with Crippen LogP contribution in [-0.2, 0) is 0 Å². The summed E-state index contributed by atoms with van der Waals surface area (Å²) in [6, 6.07) is 7.35. The third-order valence-corrected chi connectivity index (χ3v) is 5.29. The number of thiophene rings is 1. The average Bonchev–Trinajstić information content (AvgIpc) is 2.64. The van der Waals surface area contributed by atoms with Crippen LogP contribution in [0.3, 0.4) is 0 Å². The summed E-state index contributed by atoms with van der Waals surface area (Å²) in [5, 5.41) is 2.83. The Labute approximate surface area is 121 Å². The molecule has 0 N–H and O–H groups in total. The van der Waals surface area contributed by atoms with Gasteiger partial charge in [0.05, 0.1) is 5.38 Å². The van der Waals surface area contributed by atoms with Gasteiger partial charge in [-0.05, 0) is 39.5 Å². The molecule has 2 rings (SSSR count). The van der Waals surface area contributed by atoms with Crippen molar-refractivity contribution >= 4 is 62.1 Å². The van der Waals surface area contributed by atoms with Crippen LogP contribution in [0.4, 0.5) is 0 Å². The van der Waals surface area contributed by atoms with E-state index in [9.17, 15) is 0 Å². The van der Waals surface area contributed by atoms with Gasteiger partial charge in [0, 0.05) is 25.0 Å². The van der Waals surface area contributed by atoms with Crippen molar-refractivity contribution < 1.29 is 0 Å². The molecule has 0 saturated heterocycles. The Balaban J connectivity index is 2.49. The Morgan fingerprint density at radius 1 is 1.12 bits per heavy atom. The largest absolute Gasteiger partial charge is 0.146 e. The van der Waals surface area contributed by atoms with Crippen LogP contribution in [0.15, 0.2) is 34.1 Å². The van der Waals surface area contributed by atoms with E-state index >= 15 is 0 Å². The quantitative estimate of drug-likeness (QED) is 0.567. The highest BCUT2D eigenvalue weighted by Crippen LogP contribution is 2.42. The smallest absolute Gasteiger partial charge is 0.0967 e. The van der Waals surface area contributed by atoms with Gasteiger partial charge in [-0.25, -0.2) is 0 Å². The van der Waals surface area contributed by atoms with Gasteiger partial charge in [0.2, 0.25) is 0 Å². The van der Waals surface area contributed by atoms with Crippen LogP contribution in [-0.4, -0.2) is 0 Å². The van der Waals surface area contributed by atoms with Crippen LogP contribution in [0.25, 0.3) is 0 Å². The number of rotatable bonds is 2. The molecule has 0 aliphatic heterocycles. The number of halogens is 4. The van der Waals surface area contributed by atoms with Crippen molar-refractivity contribution in [3.8, 4) is 0 Å². The fraction of sp³-hybridized carbons (Fsp3) is 0.0909. The molecule has 0 aliphatic carbocycles. The van der Waals surface area contributed by atoms with E-state index in [-0.39, 0.29) is 5.38 Å². The third-order valence-electron chi connectivity index (χ3n) is 2.13. The van der Waals surface area contributed by atoms with Gasteiger partial charge in [-0.1, -0.05) is 29.3 Å². The number of alkyl halides is 1. The second kappa shape index (κ2) is 5.28. The van der Waals surface area contributed by atoms with Gasteiger partial charge < -0.3 is 0 Å². The molecule has 0 radical (unpaired) electrons. The molecule has 84 valence electrons. The lowest BCUT2D eigenvalue weighted by molar-refractivity contribution is 1.17. The first kappa shape index (κ1) is 12.7. The molecule has 0 amide bonds. The summed E-state index contributed by atoms with van der Waals surface area (Å²) in [7, 11) is 0. The van der Waals surface area contributed by atoms with E-state index in [0.717, 1.165) is 14.9 Å².